The number of benzene rings is 2. The Morgan fingerprint density at radius 2 is 1.38 bits per heavy atom. The van der Waals surface area contributed by atoms with Gasteiger partial charge in [0.05, 0.1) is 11.1 Å². The molecular formula is C27H29NO4. The summed E-state index contributed by atoms with van der Waals surface area (Å²) in [4.78, 5) is 40.7. The SMILES string of the molecule is CN(C(=O)c1ccccc1C(=O)OCC(=O)C12CC3CC(CC(C3)C1)C2)c1ccccc1. The van der Waals surface area contributed by atoms with Crippen LogP contribution < -0.4 is 4.90 Å². The van der Waals surface area contributed by atoms with Crippen LogP contribution in [-0.2, 0) is 9.53 Å². The zero-order chi connectivity index (χ0) is 22.3. The lowest BCUT2D eigenvalue weighted by Crippen LogP contribution is -2.51. The lowest BCUT2D eigenvalue weighted by Gasteiger charge is -2.55. The number of Topliss-reactive ketones (excluding diaryl/α,β-unsaturated/α-hetero) is 1. The second kappa shape index (κ2) is 8.19. The fraction of sp³-hybridized carbons (Fsp3) is 0.444. The maximum absolute atomic E-state index is 13.2. The number of hydrogen-bond donors (Lipinski definition) is 0. The normalized spacial score (nSPS) is 27.7. The molecule has 0 unspecified atom stereocenters. The first-order chi connectivity index (χ1) is 15.4. The van der Waals surface area contributed by atoms with Gasteiger partial charge in [-0.1, -0.05) is 30.3 Å². The zero-order valence-electron chi connectivity index (χ0n) is 18.5. The predicted molar refractivity (Wildman–Crippen MR) is 122 cm³/mol. The summed E-state index contributed by atoms with van der Waals surface area (Å²) in [7, 11) is 1.68. The molecule has 2 aromatic rings. The lowest BCUT2D eigenvalue weighted by molar-refractivity contribution is -0.147. The maximum atomic E-state index is 13.2. The van der Waals surface area contributed by atoms with Gasteiger partial charge in [0.2, 0.25) is 0 Å². The fourth-order valence-electron chi connectivity index (χ4n) is 6.61. The predicted octanol–water partition coefficient (Wildman–Crippen LogP) is 4.91. The number of carbonyl (C=O) groups excluding carboxylic acids is 3. The van der Waals surface area contributed by atoms with E-state index < -0.39 is 5.97 Å². The first-order valence-corrected chi connectivity index (χ1v) is 11.6. The van der Waals surface area contributed by atoms with Crippen molar-refractivity contribution in [3.63, 3.8) is 0 Å². The van der Waals surface area contributed by atoms with Crippen molar-refractivity contribution in [3.8, 4) is 0 Å². The third kappa shape index (κ3) is 3.74. The molecule has 0 spiro atoms. The van der Waals surface area contributed by atoms with Crippen LogP contribution in [0.2, 0.25) is 0 Å². The molecule has 5 nitrogen and oxygen atoms in total. The second-order valence-electron chi connectivity index (χ2n) is 9.94. The quantitative estimate of drug-likeness (QED) is 0.610. The highest BCUT2D eigenvalue weighted by atomic mass is 16.5. The average Bonchev–Trinajstić information content (AvgIpc) is 2.81. The molecule has 4 saturated carbocycles. The van der Waals surface area contributed by atoms with Gasteiger partial charge in [0.1, 0.15) is 0 Å². The highest BCUT2D eigenvalue weighted by Crippen LogP contribution is 2.60. The van der Waals surface area contributed by atoms with Gasteiger partial charge >= 0.3 is 5.97 Å². The molecule has 6 rings (SSSR count). The van der Waals surface area contributed by atoms with Crippen LogP contribution in [0, 0.1) is 23.2 Å². The molecule has 4 aliphatic carbocycles. The molecule has 166 valence electrons. The van der Waals surface area contributed by atoms with Crippen LogP contribution in [0.25, 0.3) is 0 Å². The van der Waals surface area contributed by atoms with Crippen LogP contribution in [-0.4, -0.2) is 31.3 Å². The standard InChI is InChI=1S/C27H29NO4/c1-28(21-7-3-2-4-8-21)25(30)22-9-5-6-10-23(22)26(31)32-17-24(29)27-14-18-11-19(15-27)13-20(12-18)16-27/h2-10,18-20H,11-17H2,1H3. The van der Waals surface area contributed by atoms with Crippen LogP contribution in [0.4, 0.5) is 5.69 Å². The zero-order valence-corrected chi connectivity index (χ0v) is 18.5. The fourth-order valence-corrected chi connectivity index (χ4v) is 6.61. The van der Waals surface area contributed by atoms with E-state index in [1.165, 1.54) is 24.2 Å². The molecule has 0 heterocycles. The van der Waals surface area contributed by atoms with Gasteiger partial charge in [0.15, 0.2) is 12.4 Å². The van der Waals surface area contributed by atoms with Crippen LogP contribution >= 0.6 is 0 Å². The molecule has 4 bridgehead atoms. The molecule has 0 atom stereocenters. The van der Waals surface area contributed by atoms with E-state index in [2.05, 4.69) is 0 Å². The molecule has 0 aromatic heterocycles. The van der Waals surface area contributed by atoms with Crippen molar-refractivity contribution in [1.29, 1.82) is 0 Å². The molecule has 4 fully saturated rings. The Morgan fingerprint density at radius 3 is 1.97 bits per heavy atom. The molecular weight excluding hydrogens is 402 g/mol. The van der Waals surface area contributed by atoms with E-state index in [1.807, 2.05) is 30.3 Å². The minimum Gasteiger partial charge on any atom is -0.454 e. The van der Waals surface area contributed by atoms with Crippen LogP contribution in [0.1, 0.15) is 59.2 Å². The van der Waals surface area contributed by atoms with E-state index in [1.54, 1.807) is 31.3 Å². The Balaban J connectivity index is 1.28. The number of ether oxygens (including phenoxy) is 1. The number of anilines is 1. The van der Waals surface area contributed by atoms with Crippen molar-refractivity contribution in [3.05, 3.63) is 65.7 Å². The van der Waals surface area contributed by atoms with Gasteiger partial charge in [-0.05, 0) is 80.5 Å². The molecule has 0 saturated heterocycles. The minimum atomic E-state index is -0.617. The summed E-state index contributed by atoms with van der Waals surface area (Å²) in [6.07, 6.45) is 6.63. The number of ketones is 1. The van der Waals surface area contributed by atoms with E-state index in [0.717, 1.165) is 24.9 Å². The monoisotopic (exact) mass is 431 g/mol. The Kier molecular flexibility index (Phi) is 5.36. The van der Waals surface area contributed by atoms with Gasteiger partial charge in [-0.3, -0.25) is 9.59 Å². The number of nitrogens with zero attached hydrogens (tertiary/aromatic N) is 1. The minimum absolute atomic E-state index is 0.0650. The third-order valence-corrected chi connectivity index (χ3v) is 7.79. The third-order valence-electron chi connectivity index (χ3n) is 7.79. The smallest absolute Gasteiger partial charge is 0.339 e. The topological polar surface area (TPSA) is 63.7 Å². The number of hydrogen-bond acceptors (Lipinski definition) is 4. The Bertz CT molecular complexity index is 1010. The number of para-hydroxylation sites is 1. The van der Waals surface area contributed by atoms with Gasteiger partial charge in [0, 0.05) is 18.2 Å². The van der Waals surface area contributed by atoms with Crippen molar-refractivity contribution in [1.82, 2.24) is 0 Å². The first-order valence-electron chi connectivity index (χ1n) is 11.6. The summed E-state index contributed by atoms with van der Waals surface area (Å²) in [6.45, 7) is -0.206. The van der Waals surface area contributed by atoms with E-state index >= 15 is 0 Å². The van der Waals surface area contributed by atoms with Crippen molar-refractivity contribution in [2.75, 3.05) is 18.6 Å². The molecule has 0 N–H and O–H groups in total. The number of amides is 1. The number of rotatable bonds is 6. The van der Waals surface area contributed by atoms with E-state index in [0.29, 0.717) is 17.8 Å². The summed E-state index contributed by atoms with van der Waals surface area (Å²) in [5.74, 6) is 1.13. The maximum Gasteiger partial charge on any atom is 0.339 e. The summed E-state index contributed by atoms with van der Waals surface area (Å²) < 4.78 is 5.50. The summed E-state index contributed by atoms with van der Waals surface area (Å²) in [6, 6.07) is 15.9. The van der Waals surface area contributed by atoms with Gasteiger partial charge in [-0.2, -0.15) is 0 Å². The Labute approximate surface area is 188 Å². The van der Waals surface area contributed by atoms with Crippen molar-refractivity contribution < 1.29 is 19.1 Å². The van der Waals surface area contributed by atoms with Gasteiger partial charge in [0.25, 0.3) is 5.91 Å². The van der Waals surface area contributed by atoms with Gasteiger partial charge in [-0.15, -0.1) is 0 Å². The molecule has 2 aromatic carbocycles. The number of esters is 1. The summed E-state index contributed by atoms with van der Waals surface area (Å²) in [5, 5.41) is 0. The van der Waals surface area contributed by atoms with E-state index in [4.69, 9.17) is 4.74 Å². The van der Waals surface area contributed by atoms with Gasteiger partial charge < -0.3 is 9.64 Å². The average molecular weight is 432 g/mol. The highest BCUT2D eigenvalue weighted by molar-refractivity contribution is 6.12. The molecule has 32 heavy (non-hydrogen) atoms. The van der Waals surface area contributed by atoms with Crippen LogP contribution in [0.15, 0.2) is 54.6 Å². The molecule has 4 aliphatic rings. The van der Waals surface area contributed by atoms with Crippen molar-refractivity contribution in [2.24, 2.45) is 23.2 Å². The summed E-state index contributed by atoms with van der Waals surface area (Å²) in [5.41, 5.74) is 0.903. The van der Waals surface area contributed by atoms with Crippen LogP contribution in [0.3, 0.4) is 0 Å². The molecule has 0 radical (unpaired) electrons. The van der Waals surface area contributed by atoms with Crippen molar-refractivity contribution >= 4 is 23.3 Å². The molecule has 0 aliphatic heterocycles. The van der Waals surface area contributed by atoms with Crippen LogP contribution in [0.5, 0.6) is 0 Å². The first kappa shape index (κ1) is 20.9. The molecule has 5 heteroatoms. The lowest BCUT2D eigenvalue weighted by atomic mass is 9.48. The Hall–Kier alpha value is -2.95. The summed E-state index contributed by atoms with van der Waals surface area (Å²) >= 11 is 0. The largest absolute Gasteiger partial charge is 0.454 e. The highest BCUT2D eigenvalue weighted by Gasteiger charge is 2.54. The van der Waals surface area contributed by atoms with Gasteiger partial charge in [-0.25, -0.2) is 4.79 Å². The van der Waals surface area contributed by atoms with Crippen molar-refractivity contribution in [2.45, 2.75) is 38.5 Å². The second-order valence-corrected chi connectivity index (χ2v) is 9.94. The van der Waals surface area contributed by atoms with E-state index in [-0.39, 0.29) is 34.8 Å². The van der Waals surface area contributed by atoms with E-state index in [9.17, 15) is 14.4 Å². The Morgan fingerprint density at radius 1 is 0.844 bits per heavy atom. The molecule has 1 amide bonds. The number of carbonyl (C=O) groups is 3.